The molecular formula is C14H22N2O4S. The van der Waals surface area contributed by atoms with Crippen LogP contribution < -0.4 is 4.72 Å². The van der Waals surface area contributed by atoms with Crippen molar-refractivity contribution in [1.82, 2.24) is 4.31 Å². The molecule has 1 aromatic rings. The Bertz CT molecular complexity index is 569. The van der Waals surface area contributed by atoms with Gasteiger partial charge in [-0.05, 0) is 30.0 Å². The van der Waals surface area contributed by atoms with E-state index in [0.717, 1.165) is 16.3 Å². The quantitative estimate of drug-likeness (QED) is 0.770. The third-order valence-electron chi connectivity index (χ3n) is 3.39. The largest absolute Gasteiger partial charge is 0.481 e. The second-order valence-electron chi connectivity index (χ2n) is 5.00. The van der Waals surface area contributed by atoms with Crippen LogP contribution in [0.1, 0.15) is 38.2 Å². The van der Waals surface area contributed by atoms with E-state index >= 15 is 0 Å². The summed E-state index contributed by atoms with van der Waals surface area (Å²) in [4.78, 5) is 10.5. The van der Waals surface area contributed by atoms with E-state index in [0.29, 0.717) is 11.6 Å². The lowest BCUT2D eigenvalue weighted by atomic mass is 9.99. The smallest absolute Gasteiger partial charge is 0.304 e. The van der Waals surface area contributed by atoms with Crippen molar-refractivity contribution in [1.29, 1.82) is 0 Å². The lowest BCUT2D eigenvalue weighted by Gasteiger charge is -2.18. The number of carbonyl (C=O) groups is 1. The van der Waals surface area contributed by atoms with Gasteiger partial charge in [0, 0.05) is 19.3 Å². The van der Waals surface area contributed by atoms with Crippen LogP contribution in [-0.4, -0.2) is 37.4 Å². The number of nitrogens with one attached hydrogen (secondary N) is 1. The third kappa shape index (κ3) is 5.35. The number of nitrogens with zero attached hydrogens (tertiary/aromatic N) is 1. The normalized spacial score (nSPS) is 13.1. The molecule has 0 aliphatic carbocycles. The maximum atomic E-state index is 12.0. The highest BCUT2D eigenvalue weighted by molar-refractivity contribution is 7.90. The molecule has 6 nitrogen and oxygen atoms in total. The Morgan fingerprint density at radius 3 is 2.38 bits per heavy atom. The van der Waals surface area contributed by atoms with Gasteiger partial charge < -0.3 is 5.11 Å². The molecule has 0 saturated heterocycles. The Kier molecular flexibility index (Phi) is 6.17. The molecule has 21 heavy (non-hydrogen) atoms. The highest BCUT2D eigenvalue weighted by Gasteiger charge is 2.18. The maximum Gasteiger partial charge on any atom is 0.304 e. The van der Waals surface area contributed by atoms with Crippen molar-refractivity contribution in [3.8, 4) is 0 Å². The summed E-state index contributed by atoms with van der Waals surface area (Å²) in [6, 6.07) is 7.21. The van der Waals surface area contributed by atoms with Crippen LogP contribution in [-0.2, 0) is 15.0 Å². The van der Waals surface area contributed by atoms with Crippen LogP contribution in [0.25, 0.3) is 0 Å². The van der Waals surface area contributed by atoms with Crippen molar-refractivity contribution in [2.24, 2.45) is 0 Å². The van der Waals surface area contributed by atoms with E-state index < -0.39 is 16.2 Å². The number of rotatable bonds is 8. The first kappa shape index (κ1) is 17.5. The summed E-state index contributed by atoms with van der Waals surface area (Å²) in [5, 5.41) is 8.58. The average Bonchev–Trinajstić information content (AvgIpc) is 2.44. The molecule has 118 valence electrons. The Morgan fingerprint density at radius 2 is 1.90 bits per heavy atom. The standard InChI is InChI=1S/C14H22N2O4S/c1-4-11(2)12-5-7-13(8-6-12)15-21(19,20)16(3)10-9-14(17)18/h5-8,11,15H,4,9-10H2,1-3H3,(H,17,18). The first-order valence-electron chi connectivity index (χ1n) is 6.82. The lowest BCUT2D eigenvalue weighted by Crippen LogP contribution is -2.34. The van der Waals surface area contributed by atoms with Gasteiger partial charge in [0.15, 0.2) is 0 Å². The molecule has 0 bridgehead atoms. The minimum atomic E-state index is -3.73. The van der Waals surface area contributed by atoms with Gasteiger partial charge in [0.25, 0.3) is 0 Å². The third-order valence-corrected chi connectivity index (χ3v) is 4.89. The fourth-order valence-corrected chi connectivity index (χ4v) is 2.64. The monoisotopic (exact) mass is 314 g/mol. The molecule has 1 rings (SSSR count). The molecule has 2 N–H and O–H groups in total. The number of hydrogen-bond acceptors (Lipinski definition) is 3. The van der Waals surface area contributed by atoms with Gasteiger partial charge in [0.05, 0.1) is 6.42 Å². The second kappa shape index (κ2) is 7.42. The molecule has 0 spiro atoms. The molecule has 0 heterocycles. The van der Waals surface area contributed by atoms with E-state index in [9.17, 15) is 13.2 Å². The van der Waals surface area contributed by atoms with Gasteiger partial charge in [0.2, 0.25) is 0 Å². The zero-order valence-corrected chi connectivity index (χ0v) is 13.4. The van der Waals surface area contributed by atoms with Crippen LogP contribution in [0.4, 0.5) is 5.69 Å². The number of hydrogen-bond donors (Lipinski definition) is 2. The van der Waals surface area contributed by atoms with E-state index in [1.807, 2.05) is 12.1 Å². The number of carboxylic acid groups (broad SMARTS) is 1. The van der Waals surface area contributed by atoms with Crippen LogP contribution in [0.5, 0.6) is 0 Å². The Hall–Kier alpha value is -1.60. The first-order valence-corrected chi connectivity index (χ1v) is 8.26. The molecule has 1 atom stereocenters. The van der Waals surface area contributed by atoms with Crippen LogP contribution in [0.3, 0.4) is 0 Å². The fraction of sp³-hybridized carbons (Fsp3) is 0.500. The van der Waals surface area contributed by atoms with Crippen molar-refractivity contribution in [2.45, 2.75) is 32.6 Å². The van der Waals surface area contributed by atoms with Crippen molar-refractivity contribution in [3.63, 3.8) is 0 Å². The minimum Gasteiger partial charge on any atom is -0.481 e. The van der Waals surface area contributed by atoms with Gasteiger partial charge in [-0.15, -0.1) is 0 Å². The first-order chi connectivity index (χ1) is 9.76. The predicted octanol–water partition coefficient (Wildman–Crippen LogP) is 2.26. The number of benzene rings is 1. The topological polar surface area (TPSA) is 86.7 Å². The SMILES string of the molecule is CCC(C)c1ccc(NS(=O)(=O)N(C)CCC(=O)O)cc1. The summed E-state index contributed by atoms with van der Waals surface area (Å²) in [7, 11) is -2.38. The van der Waals surface area contributed by atoms with Crippen LogP contribution in [0, 0.1) is 0 Å². The van der Waals surface area contributed by atoms with E-state index in [2.05, 4.69) is 18.6 Å². The number of anilines is 1. The van der Waals surface area contributed by atoms with Crippen LogP contribution >= 0.6 is 0 Å². The molecular weight excluding hydrogens is 292 g/mol. The van der Waals surface area contributed by atoms with Gasteiger partial charge in [-0.25, -0.2) is 0 Å². The van der Waals surface area contributed by atoms with Crippen molar-refractivity contribution in [2.75, 3.05) is 18.3 Å². The van der Waals surface area contributed by atoms with E-state index in [-0.39, 0.29) is 13.0 Å². The molecule has 0 aliphatic rings. The number of carboxylic acids is 1. The molecule has 0 aliphatic heterocycles. The molecule has 0 saturated carbocycles. The molecule has 0 radical (unpaired) electrons. The van der Waals surface area contributed by atoms with Gasteiger partial charge in [-0.2, -0.15) is 12.7 Å². The highest BCUT2D eigenvalue weighted by atomic mass is 32.2. The Morgan fingerprint density at radius 1 is 1.33 bits per heavy atom. The van der Waals surface area contributed by atoms with Crippen molar-refractivity contribution >= 4 is 21.9 Å². The van der Waals surface area contributed by atoms with Gasteiger partial charge in [0.1, 0.15) is 0 Å². The van der Waals surface area contributed by atoms with Crippen LogP contribution in [0.15, 0.2) is 24.3 Å². The zero-order valence-electron chi connectivity index (χ0n) is 12.5. The van der Waals surface area contributed by atoms with Gasteiger partial charge in [-0.1, -0.05) is 26.0 Å². The summed E-state index contributed by atoms with van der Waals surface area (Å²) in [6.45, 7) is 4.13. The molecule has 1 aromatic carbocycles. The van der Waals surface area contributed by atoms with Crippen molar-refractivity contribution < 1.29 is 18.3 Å². The molecule has 1 unspecified atom stereocenters. The zero-order chi connectivity index (χ0) is 16.0. The van der Waals surface area contributed by atoms with Crippen LogP contribution in [0.2, 0.25) is 0 Å². The minimum absolute atomic E-state index is 0.0738. The van der Waals surface area contributed by atoms with Gasteiger partial charge in [-0.3, -0.25) is 9.52 Å². The summed E-state index contributed by atoms with van der Waals surface area (Å²) < 4.78 is 27.4. The van der Waals surface area contributed by atoms with E-state index in [4.69, 9.17) is 5.11 Å². The molecule has 0 amide bonds. The second-order valence-corrected chi connectivity index (χ2v) is 6.78. The van der Waals surface area contributed by atoms with E-state index in [1.54, 1.807) is 12.1 Å². The summed E-state index contributed by atoms with van der Waals surface area (Å²) in [5.41, 5.74) is 1.61. The molecule has 7 heteroatoms. The molecule has 0 fully saturated rings. The predicted molar refractivity (Wildman–Crippen MR) is 82.6 cm³/mol. The van der Waals surface area contributed by atoms with Crippen molar-refractivity contribution in [3.05, 3.63) is 29.8 Å². The Labute approximate surface area is 126 Å². The average molecular weight is 314 g/mol. The number of aliphatic carboxylic acids is 1. The molecule has 0 aromatic heterocycles. The fourth-order valence-electron chi connectivity index (χ4n) is 1.72. The van der Waals surface area contributed by atoms with E-state index in [1.165, 1.54) is 7.05 Å². The summed E-state index contributed by atoms with van der Waals surface area (Å²) >= 11 is 0. The lowest BCUT2D eigenvalue weighted by molar-refractivity contribution is -0.137. The van der Waals surface area contributed by atoms with Gasteiger partial charge >= 0.3 is 16.2 Å². The maximum absolute atomic E-state index is 12.0. The summed E-state index contributed by atoms with van der Waals surface area (Å²) in [5.74, 6) is -0.608. The summed E-state index contributed by atoms with van der Waals surface area (Å²) in [6.07, 6.45) is 0.785. The highest BCUT2D eigenvalue weighted by Crippen LogP contribution is 2.21. The Balaban J connectivity index is 2.73.